The molecule has 98 valence electrons. The van der Waals surface area contributed by atoms with Gasteiger partial charge in [0, 0.05) is 4.47 Å². The normalized spacial score (nSPS) is 28.3. The van der Waals surface area contributed by atoms with Crippen LogP contribution in [-0.4, -0.2) is 6.54 Å². The molecule has 2 unspecified atom stereocenters. The zero-order valence-electron chi connectivity index (χ0n) is 10.9. The van der Waals surface area contributed by atoms with Gasteiger partial charge in [-0.25, -0.2) is 0 Å². The van der Waals surface area contributed by atoms with E-state index in [1.165, 1.54) is 43.0 Å². The summed E-state index contributed by atoms with van der Waals surface area (Å²) in [5.41, 5.74) is 9.19. The summed E-state index contributed by atoms with van der Waals surface area (Å²) in [6, 6.07) is 6.74. The first-order valence-corrected chi connectivity index (χ1v) is 8.08. The summed E-state index contributed by atoms with van der Waals surface area (Å²) in [4.78, 5) is 0. The van der Waals surface area contributed by atoms with Crippen LogP contribution in [0.15, 0.2) is 22.7 Å². The van der Waals surface area contributed by atoms with Crippen LogP contribution in [0.5, 0.6) is 0 Å². The molecular weight excluding hydrogens is 286 g/mol. The number of benzene rings is 1. The molecule has 0 aliphatic heterocycles. The first-order valence-electron chi connectivity index (χ1n) is 7.28. The third kappa shape index (κ3) is 2.14. The molecule has 2 heteroatoms. The number of hydrogen-bond donors (Lipinski definition) is 1. The lowest BCUT2D eigenvalue weighted by atomic mass is 9.68. The zero-order chi connectivity index (χ0) is 12.5. The molecule has 18 heavy (non-hydrogen) atoms. The Morgan fingerprint density at radius 1 is 1.17 bits per heavy atom. The van der Waals surface area contributed by atoms with Crippen molar-refractivity contribution in [1.82, 2.24) is 0 Å². The van der Waals surface area contributed by atoms with Crippen molar-refractivity contribution in [2.24, 2.45) is 17.6 Å². The smallest absolute Gasteiger partial charge is 0.0210 e. The molecule has 0 saturated heterocycles. The second-order valence-corrected chi connectivity index (χ2v) is 6.77. The highest BCUT2D eigenvalue weighted by atomic mass is 79.9. The minimum Gasteiger partial charge on any atom is -0.330 e. The summed E-state index contributed by atoms with van der Waals surface area (Å²) in [5, 5.41) is 0. The first kappa shape index (κ1) is 12.7. The summed E-state index contributed by atoms with van der Waals surface area (Å²) < 4.78 is 1.30. The molecule has 1 aromatic carbocycles. The second kappa shape index (κ2) is 5.34. The lowest BCUT2D eigenvalue weighted by Crippen LogP contribution is -2.31. The molecule has 0 spiro atoms. The van der Waals surface area contributed by atoms with E-state index in [0.29, 0.717) is 5.92 Å². The van der Waals surface area contributed by atoms with Crippen LogP contribution >= 0.6 is 15.9 Å². The van der Waals surface area contributed by atoms with Crippen LogP contribution in [0.3, 0.4) is 0 Å². The third-order valence-electron chi connectivity index (χ3n) is 5.00. The number of rotatable bonds is 2. The van der Waals surface area contributed by atoms with Gasteiger partial charge in [0.15, 0.2) is 0 Å². The van der Waals surface area contributed by atoms with Crippen molar-refractivity contribution in [2.45, 2.75) is 44.4 Å². The number of nitrogens with two attached hydrogens (primary N) is 1. The lowest BCUT2D eigenvalue weighted by Gasteiger charge is -2.37. The molecule has 1 fully saturated rings. The predicted molar refractivity (Wildman–Crippen MR) is 79.7 cm³/mol. The van der Waals surface area contributed by atoms with Crippen LogP contribution in [0.25, 0.3) is 0 Å². The van der Waals surface area contributed by atoms with Crippen molar-refractivity contribution in [3.05, 3.63) is 33.8 Å². The van der Waals surface area contributed by atoms with E-state index < -0.39 is 0 Å². The van der Waals surface area contributed by atoms with Gasteiger partial charge in [0.1, 0.15) is 0 Å². The summed E-state index contributed by atoms with van der Waals surface area (Å²) in [5.74, 6) is 2.31. The minimum atomic E-state index is 0.704. The van der Waals surface area contributed by atoms with E-state index in [4.69, 9.17) is 5.73 Å². The number of fused-ring (bicyclic) bond motifs is 1. The van der Waals surface area contributed by atoms with Crippen LogP contribution in [0.1, 0.15) is 49.1 Å². The molecule has 0 aromatic heterocycles. The van der Waals surface area contributed by atoms with Crippen LogP contribution in [0.4, 0.5) is 0 Å². The molecule has 2 atom stereocenters. The van der Waals surface area contributed by atoms with Gasteiger partial charge < -0.3 is 5.73 Å². The fraction of sp³-hybridized carbons (Fsp3) is 0.625. The molecule has 0 amide bonds. The molecule has 2 aliphatic rings. The van der Waals surface area contributed by atoms with Crippen molar-refractivity contribution in [3.8, 4) is 0 Å². The fourth-order valence-electron chi connectivity index (χ4n) is 4.13. The molecule has 0 radical (unpaired) electrons. The van der Waals surface area contributed by atoms with Crippen LogP contribution in [0, 0.1) is 11.8 Å². The average Bonchev–Trinajstić information content (AvgIpc) is 2.91. The first-order chi connectivity index (χ1) is 8.81. The summed E-state index contributed by atoms with van der Waals surface area (Å²) >= 11 is 3.73. The molecule has 0 heterocycles. The van der Waals surface area contributed by atoms with Gasteiger partial charge in [-0.3, -0.25) is 0 Å². The standard InChI is InChI=1S/C16H22BrN/c17-15-7-3-6-14-13(15)9-8-12(10-18)16(14)11-4-1-2-5-11/h3,6-7,11-12,16H,1-2,4-5,8-10,18H2. The summed E-state index contributed by atoms with van der Waals surface area (Å²) in [6.07, 6.45) is 8.12. The van der Waals surface area contributed by atoms with Gasteiger partial charge in [-0.05, 0) is 67.2 Å². The Balaban J connectivity index is 2.00. The van der Waals surface area contributed by atoms with Crippen molar-refractivity contribution >= 4 is 15.9 Å². The van der Waals surface area contributed by atoms with E-state index in [-0.39, 0.29) is 0 Å². The van der Waals surface area contributed by atoms with Gasteiger partial charge in [-0.1, -0.05) is 40.9 Å². The summed E-state index contributed by atoms with van der Waals surface area (Å²) in [6.45, 7) is 0.854. The quantitative estimate of drug-likeness (QED) is 0.868. The van der Waals surface area contributed by atoms with Crippen molar-refractivity contribution in [1.29, 1.82) is 0 Å². The monoisotopic (exact) mass is 307 g/mol. The maximum absolute atomic E-state index is 6.04. The zero-order valence-corrected chi connectivity index (χ0v) is 12.5. The van der Waals surface area contributed by atoms with E-state index in [9.17, 15) is 0 Å². The third-order valence-corrected chi connectivity index (χ3v) is 5.74. The van der Waals surface area contributed by atoms with Gasteiger partial charge in [0.2, 0.25) is 0 Å². The van der Waals surface area contributed by atoms with E-state index in [1.807, 2.05) is 0 Å². The van der Waals surface area contributed by atoms with Gasteiger partial charge in [-0.15, -0.1) is 0 Å². The van der Waals surface area contributed by atoms with Gasteiger partial charge in [-0.2, -0.15) is 0 Å². The van der Waals surface area contributed by atoms with Gasteiger partial charge >= 0.3 is 0 Å². The van der Waals surface area contributed by atoms with E-state index >= 15 is 0 Å². The van der Waals surface area contributed by atoms with E-state index in [2.05, 4.69) is 34.1 Å². The molecule has 3 rings (SSSR count). The summed E-state index contributed by atoms with van der Waals surface area (Å²) in [7, 11) is 0. The Kier molecular flexibility index (Phi) is 3.76. The Hall–Kier alpha value is -0.340. The predicted octanol–water partition coefficient (Wildman–Crippen LogP) is 4.24. The molecule has 1 saturated carbocycles. The van der Waals surface area contributed by atoms with Crippen LogP contribution < -0.4 is 5.73 Å². The fourth-order valence-corrected chi connectivity index (χ4v) is 4.71. The highest BCUT2D eigenvalue weighted by Crippen LogP contribution is 2.47. The molecule has 2 N–H and O–H groups in total. The van der Waals surface area contributed by atoms with E-state index in [0.717, 1.165) is 18.4 Å². The Morgan fingerprint density at radius 3 is 2.67 bits per heavy atom. The topological polar surface area (TPSA) is 26.0 Å². The van der Waals surface area contributed by atoms with E-state index in [1.54, 1.807) is 11.1 Å². The average molecular weight is 308 g/mol. The second-order valence-electron chi connectivity index (χ2n) is 5.91. The maximum atomic E-state index is 6.04. The highest BCUT2D eigenvalue weighted by Gasteiger charge is 2.36. The van der Waals surface area contributed by atoms with Gasteiger partial charge in [0.05, 0.1) is 0 Å². The van der Waals surface area contributed by atoms with Crippen molar-refractivity contribution < 1.29 is 0 Å². The Bertz CT molecular complexity index is 423. The maximum Gasteiger partial charge on any atom is 0.0210 e. The molecule has 2 aliphatic carbocycles. The van der Waals surface area contributed by atoms with Crippen molar-refractivity contribution in [3.63, 3.8) is 0 Å². The van der Waals surface area contributed by atoms with Crippen LogP contribution in [-0.2, 0) is 6.42 Å². The molecule has 1 aromatic rings. The van der Waals surface area contributed by atoms with Crippen molar-refractivity contribution in [2.75, 3.05) is 6.54 Å². The number of halogens is 1. The molecular formula is C16H22BrN. The lowest BCUT2D eigenvalue weighted by molar-refractivity contribution is 0.285. The highest BCUT2D eigenvalue weighted by molar-refractivity contribution is 9.10. The van der Waals surface area contributed by atoms with Gasteiger partial charge in [0.25, 0.3) is 0 Å². The Labute approximate surface area is 118 Å². The number of hydrogen-bond acceptors (Lipinski definition) is 1. The SMILES string of the molecule is NCC1CCc2c(Br)cccc2C1C1CCCC1. The van der Waals surface area contributed by atoms with Crippen LogP contribution in [0.2, 0.25) is 0 Å². The Morgan fingerprint density at radius 2 is 1.94 bits per heavy atom. The molecule has 0 bridgehead atoms. The minimum absolute atomic E-state index is 0.704. The largest absolute Gasteiger partial charge is 0.330 e. The molecule has 1 nitrogen and oxygen atoms in total.